The van der Waals surface area contributed by atoms with E-state index in [2.05, 4.69) is 5.32 Å². The molecule has 7 heteroatoms. The largest absolute Gasteiger partial charge is 0.496 e. The fourth-order valence-corrected chi connectivity index (χ4v) is 2.21. The van der Waals surface area contributed by atoms with Gasteiger partial charge in [-0.15, -0.1) is 0 Å². The molecular formula is C13H15ClINO4. The Hall–Kier alpha value is -1.02. The van der Waals surface area contributed by atoms with E-state index in [-0.39, 0.29) is 11.5 Å². The Morgan fingerprint density at radius 1 is 1.40 bits per heavy atom. The first-order valence-corrected chi connectivity index (χ1v) is 7.30. The summed E-state index contributed by atoms with van der Waals surface area (Å²) in [6, 6.07) is 2.13. The molecule has 1 atom stereocenters. The number of amides is 1. The van der Waals surface area contributed by atoms with Crippen LogP contribution in [0.25, 0.3) is 0 Å². The van der Waals surface area contributed by atoms with Gasteiger partial charge in [0.2, 0.25) is 0 Å². The summed E-state index contributed by atoms with van der Waals surface area (Å²) >= 11 is 8.01. The smallest absolute Gasteiger partial charge is 0.326 e. The van der Waals surface area contributed by atoms with Crippen LogP contribution in [0, 0.1) is 9.49 Å². The SMILES string of the molecule is COc1cc(I)c(Cl)cc1C(=O)NC(C(=O)O)C(C)C. The van der Waals surface area contributed by atoms with Crippen molar-refractivity contribution < 1.29 is 19.4 Å². The third-order valence-corrected chi connectivity index (χ3v) is 4.23. The molecule has 0 spiro atoms. The Labute approximate surface area is 135 Å². The van der Waals surface area contributed by atoms with Gasteiger partial charge in [0, 0.05) is 3.57 Å². The van der Waals surface area contributed by atoms with E-state index < -0.39 is 17.9 Å². The Morgan fingerprint density at radius 3 is 2.45 bits per heavy atom. The Balaban J connectivity index is 3.08. The monoisotopic (exact) mass is 411 g/mol. The molecule has 0 aliphatic rings. The van der Waals surface area contributed by atoms with Crippen LogP contribution in [0.3, 0.4) is 0 Å². The van der Waals surface area contributed by atoms with E-state index in [9.17, 15) is 9.59 Å². The number of aliphatic carboxylic acids is 1. The summed E-state index contributed by atoms with van der Waals surface area (Å²) in [5.74, 6) is -1.49. The zero-order valence-corrected chi connectivity index (χ0v) is 14.2. The number of carboxylic acid groups (broad SMARTS) is 1. The van der Waals surface area contributed by atoms with Crippen molar-refractivity contribution >= 4 is 46.1 Å². The molecule has 5 nitrogen and oxygen atoms in total. The van der Waals surface area contributed by atoms with Crippen LogP contribution in [0.5, 0.6) is 5.75 Å². The maximum atomic E-state index is 12.2. The summed E-state index contributed by atoms with van der Waals surface area (Å²) in [6.45, 7) is 3.44. The van der Waals surface area contributed by atoms with E-state index in [1.807, 2.05) is 22.6 Å². The fourth-order valence-electron chi connectivity index (χ4n) is 1.61. The maximum Gasteiger partial charge on any atom is 0.326 e. The van der Waals surface area contributed by atoms with Crippen molar-refractivity contribution in [2.75, 3.05) is 7.11 Å². The van der Waals surface area contributed by atoms with Crippen LogP contribution in [0.4, 0.5) is 0 Å². The average molecular weight is 412 g/mol. The highest BCUT2D eigenvalue weighted by Gasteiger charge is 2.25. The first kappa shape index (κ1) is 17.0. The lowest BCUT2D eigenvalue weighted by Crippen LogP contribution is -2.44. The lowest BCUT2D eigenvalue weighted by atomic mass is 10.0. The number of halogens is 2. The number of nitrogens with one attached hydrogen (secondary N) is 1. The highest BCUT2D eigenvalue weighted by atomic mass is 127. The number of hydrogen-bond acceptors (Lipinski definition) is 3. The zero-order valence-electron chi connectivity index (χ0n) is 11.2. The molecule has 0 radical (unpaired) electrons. The number of benzene rings is 1. The minimum atomic E-state index is -1.08. The predicted octanol–water partition coefficient (Wildman–Crippen LogP) is 2.79. The van der Waals surface area contributed by atoms with Crippen LogP contribution in [0.15, 0.2) is 12.1 Å². The normalized spacial score (nSPS) is 12.1. The molecule has 0 bridgehead atoms. The van der Waals surface area contributed by atoms with E-state index in [0.29, 0.717) is 10.8 Å². The van der Waals surface area contributed by atoms with Crippen LogP contribution in [0.1, 0.15) is 24.2 Å². The summed E-state index contributed by atoms with van der Waals surface area (Å²) in [5, 5.41) is 12.0. The molecular weight excluding hydrogens is 397 g/mol. The lowest BCUT2D eigenvalue weighted by Gasteiger charge is -2.19. The summed E-state index contributed by atoms with van der Waals surface area (Å²) in [4.78, 5) is 23.3. The van der Waals surface area contributed by atoms with Crippen molar-refractivity contribution in [3.8, 4) is 5.75 Å². The van der Waals surface area contributed by atoms with Crippen LogP contribution in [-0.2, 0) is 4.79 Å². The number of carbonyl (C=O) groups is 2. The number of hydrogen-bond donors (Lipinski definition) is 2. The average Bonchev–Trinajstić information content (AvgIpc) is 2.37. The number of ether oxygens (including phenoxy) is 1. The van der Waals surface area contributed by atoms with Gasteiger partial charge in [0.05, 0.1) is 17.7 Å². The van der Waals surface area contributed by atoms with Crippen molar-refractivity contribution in [1.29, 1.82) is 0 Å². The molecule has 0 saturated heterocycles. The lowest BCUT2D eigenvalue weighted by molar-refractivity contribution is -0.140. The summed E-state index contributed by atoms with van der Waals surface area (Å²) < 4.78 is 5.88. The van der Waals surface area contributed by atoms with Crippen molar-refractivity contribution in [1.82, 2.24) is 5.32 Å². The van der Waals surface area contributed by atoms with Gasteiger partial charge >= 0.3 is 5.97 Å². The molecule has 1 unspecified atom stereocenters. The second-order valence-corrected chi connectivity index (χ2v) is 6.07. The van der Waals surface area contributed by atoms with Crippen LogP contribution in [0.2, 0.25) is 5.02 Å². The molecule has 110 valence electrons. The topological polar surface area (TPSA) is 75.6 Å². The summed E-state index contributed by atoms with van der Waals surface area (Å²) in [7, 11) is 1.44. The molecule has 0 fully saturated rings. The number of methoxy groups -OCH3 is 1. The van der Waals surface area contributed by atoms with Gasteiger partial charge in [-0.2, -0.15) is 0 Å². The van der Waals surface area contributed by atoms with Crippen LogP contribution in [-0.4, -0.2) is 30.1 Å². The second-order valence-electron chi connectivity index (χ2n) is 4.50. The minimum absolute atomic E-state index is 0.213. The second kappa shape index (κ2) is 7.12. The van der Waals surface area contributed by atoms with Gasteiger partial charge in [0.1, 0.15) is 11.8 Å². The first-order valence-electron chi connectivity index (χ1n) is 5.84. The number of carboxylic acids is 1. The predicted molar refractivity (Wildman–Crippen MR) is 84.4 cm³/mol. The summed E-state index contributed by atoms with van der Waals surface area (Å²) in [6.07, 6.45) is 0. The summed E-state index contributed by atoms with van der Waals surface area (Å²) in [5.41, 5.74) is 0.213. The number of carbonyl (C=O) groups excluding carboxylic acids is 1. The Kier molecular flexibility index (Phi) is 6.07. The molecule has 1 rings (SSSR count). The van der Waals surface area contributed by atoms with Crippen molar-refractivity contribution in [3.63, 3.8) is 0 Å². The fraction of sp³-hybridized carbons (Fsp3) is 0.385. The molecule has 0 aliphatic heterocycles. The van der Waals surface area contributed by atoms with Gasteiger partial charge in [-0.05, 0) is 40.6 Å². The van der Waals surface area contributed by atoms with Gasteiger partial charge in [-0.1, -0.05) is 25.4 Å². The molecule has 1 aromatic rings. The zero-order chi connectivity index (χ0) is 15.4. The Morgan fingerprint density at radius 2 is 2.00 bits per heavy atom. The van der Waals surface area contributed by atoms with Crippen molar-refractivity contribution in [2.24, 2.45) is 5.92 Å². The van der Waals surface area contributed by atoms with Crippen molar-refractivity contribution in [3.05, 3.63) is 26.3 Å². The molecule has 0 heterocycles. The van der Waals surface area contributed by atoms with Crippen LogP contribution >= 0.6 is 34.2 Å². The van der Waals surface area contributed by atoms with E-state index in [1.165, 1.54) is 13.2 Å². The minimum Gasteiger partial charge on any atom is -0.496 e. The van der Waals surface area contributed by atoms with Crippen LogP contribution < -0.4 is 10.1 Å². The third kappa shape index (κ3) is 3.99. The quantitative estimate of drug-likeness (QED) is 0.731. The highest BCUT2D eigenvalue weighted by Crippen LogP contribution is 2.28. The number of rotatable bonds is 5. The van der Waals surface area contributed by atoms with Gasteiger partial charge < -0.3 is 15.2 Å². The maximum absolute atomic E-state index is 12.2. The van der Waals surface area contributed by atoms with Gasteiger partial charge in [0.25, 0.3) is 5.91 Å². The molecule has 20 heavy (non-hydrogen) atoms. The molecule has 1 amide bonds. The van der Waals surface area contributed by atoms with E-state index in [1.54, 1.807) is 19.9 Å². The van der Waals surface area contributed by atoms with E-state index in [4.69, 9.17) is 21.4 Å². The molecule has 0 aromatic heterocycles. The first-order chi connectivity index (χ1) is 9.27. The van der Waals surface area contributed by atoms with E-state index >= 15 is 0 Å². The molecule has 2 N–H and O–H groups in total. The standard InChI is InChI=1S/C13H15ClINO4/c1-6(2)11(13(18)19)16-12(17)7-4-8(14)9(15)5-10(7)20-3/h4-6,11H,1-3H3,(H,16,17)(H,18,19). The van der Waals surface area contributed by atoms with E-state index in [0.717, 1.165) is 3.57 Å². The van der Waals surface area contributed by atoms with Crippen molar-refractivity contribution in [2.45, 2.75) is 19.9 Å². The molecule has 0 saturated carbocycles. The van der Waals surface area contributed by atoms with Gasteiger partial charge in [0.15, 0.2) is 0 Å². The molecule has 0 aliphatic carbocycles. The third-order valence-electron chi connectivity index (χ3n) is 2.71. The Bertz CT molecular complexity index is 533. The van der Waals surface area contributed by atoms with Gasteiger partial charge in [-0.25, -0.2) is 4.79 Å². The molecule has 1 aromatic carbocycles. The highest BCUT2D eigenvalue weighted by molar-refractivity contribution is 14.1. The van der Waals surface area contributed by atoms with Gasteiger partial charge in [-0.3, -0.25) is 4.79 Å².